The molecule has 0 aliphatic rings. The number of halogens is 2. The van der Waals surface area contributed by atoms with Crippen molar-refractivity contribution in [2.75, 3.05) is 19.0 Å². The molecule has 0 fully saturated rings. The molecule has 0 N–H and O–H groups in total. The largest absolute Gasteiger partial charge is 0.438 e. The molecule has 0 saturated carbocycles. The summed E-state index contributed by atoms with van der Waals surface area (Å²) in [6.45, 7) is 2.05. The van der Waals surface area contributed by atoms with Gasteiger partial charge < -0.3 is 9.32 Å². The number of anilines is 1. The molecule has 0 spiro atoms. The number of hydrogen-bond donors (Lipinski definition) is 0. The Balaban J connectivity index is 2.25. The van der Waals surface area contributed by atoms with Crippen LogP contribution in [0.3, 0.4) is 0 Å². The zero-order valence-electron chi connectivity index (χ0n) is 10.9. The van der Waals surface area contributed by atoms with Crippen LogP contribution in [0.5, 0.6) is 0 Å². The second-order valence-electron chi connectivity index (χ2n) is 4.41. The van der Waals surface area contributed by atoms with Gasteiger partial charge in [-0.3, -0.25) is 4.99 Å². The Labute approximate surface area is 129 Å². The van der Waals surface area contributed by atoms with E-state index in [9.17, 15) is 0 Å². The fourth-order valence-electron chi connectivity index (χ4n) is 1.59. The number of hydrogen-bond acceptors (Lipinski definition) is 3. The van der Waals surface area contributed by atoms with Crippen molar-refractivity contribution in [3.63, 3.8) is 0 Å². The van der Waals surface area contributed by atoms with Gasteiger partial charge in [-0.25, -0.2) is 0 Å². The smallest absolute Gasteiger partial charge is 0.210 e. The first-order valence-electron chi connectivity index (χ1n) is 5.74. The molecule has 0 aliphatic carbocycles. The fourth-order valence-corrected chi connectivity index (χ4v) is 2.85. The van der Waals surface area contributed by atoms with E-state index in [2.05, 4.69) is 36.9 Å². The molecular weight excluding hydrogens is 372 g/mol. The number of furan rings is 1. The number of benzene rings is 1. The van der Waals surface area contributed by atoms with Gasteiger partial charge in [0, 0.05) is 24.6 Å². The van der Waals surface area contributed by atoms with Gasteiger partial charge in [0.1, 0.15) is 5.76 Å². The van der Waals surface area contributed by atoms with Crippen molar-refractivity contribution in [2.24, 2.45) is 4.99 Å². The van der Waals surface area contributed by atoms with Crippen molar-refractivity contribution in [1.29, 1.82) is 0 Å². The maximum absolute atomic E-state index is 5.68. The van der Waals surface area contributed by atoms with E-state index >= 15 is 0 Å². The molecule has 5 heteroatoms. The predicted octanol–water partition coefficient (Wildman–Crippen LogP) is 4.93. The summed E-state index contributed by atoms with van der Waals surface area (Å²) < 4.78 is 7.57. The minimum Gasteiger partial charge on any atom is -0.438 e. The van der Waals surface area contributed by atoms with Crippen LogP contribution in [0.1, 0.15) is 11.3 Å². The average Bonchev–Trinajstić information content (AvgIpc) is 2.69. The van der Waals surface area contributed by atoms with Gasteiger partial charge in [0.2, 0.25) is 5.88 Å². The molecular formula is C14H14Br2N2O. The summed E-state index contributed by atoms with van der Waals surface area (Å²) in [6.07, 6.45) is 1.72. The molecule has 3 nitrogen and oxygen atoms in total. The Hall–Kier alpha value is -1.07. The number of rotatable bonds is 3. The van der Waals surface area contributed by atoms with Crippen LogP contribution >= 0.6 is 31.9 Å². The molecule has 19 heavy (non-hydrogen) atoms. The molecule has 1 aromatic heterocycles. The lowest BCUT2D eigenvalue weighted by molar-refractivity contribution is 0.557. The third kappa shape index (κ3) is 3.48. The molecule has 0 aliphatic heterocycles. The van der Waals surface area contributed by atoms with Gasteiger partial charge in [0.15, 0.2) is 0 Å². The lowest BCUT2D eigenvalue weighted by Crippen LogP contribution is -2.07. The molecule has 2 aromatic rings. The Morgan fingerprint density at radius 3 is 2.47 bits per heavy atom. The van der Waals surface area contributed by atoms with Gasteiger partial charge in [0.25, 0.3) is 0 Å². The molecule has 1 heterocycles. The second kappa shape index (κ2) is 5.92. The highest BCUT2D eigenvalue weighted by Crippen LogP contribution is 2.29. The highest BCUT2D eigenvalue weighted by atomic mass is 79.9. The van der Waals surface area contributed by atoms with Crippen molar-refractivity contribution < 1.29 is 4.42 Å². The molecule has 0 amide bonds. The first-order valence-corrected chi connectivity index (χ1v) is 7.33. The molecule has 0 bridgehead atoms. The van der Waals surface area contributed by atoms with Gasteiger partial charge in [0.05, 0.1) is 16.4 Å². The normalized spacial score (nSPS) is 11.2. The van der Waals surface area contributed by atoms with Crippen LogP contribution in [-0.2, 0) is 0 Å². The molecule has 0 unspecified atom stereocenters. The van der Waals surface area contributed by atoms with Gasteiger partial charge in [-0.15, -0.1) is 0 Å². The van der Waals surface area contributed by atoms with E-state index in [4.69, 9.17) is 4.42 Å². The Bertz CT molecular complexity index is 618. The first kappa shape index (κ1) is 14.3. The molecule has 0 saturated heterocycles. The molecule has 100 valence electrons. The van der Waals surface area contributed by atoms with Crippen LogP contribution in [0, 0.1) is 6.92 Å². The first-order chi connectivity index (χ1) is 8.97. The van der Waals surface area contributed by atoms with E-state index in [-0.39, 0.29) is 0 Å². The van der Waals surface area contributed by atoms with Crippen LogP contribution in [0.4, 0.5) is 11.6 Å². The number of aryl methyl sites for hydroxylation is 1. The van der Waals surface area contributed by atoms with Gasteiger partial charge in [-0.05, 0) is 56.5 Å². The SMILES string of the molecule is Cc1ccc(N=Cc2cc(Br)c(N(C)C)o2)c(Br)c1. The fraction of sp³-hybridized carbons (Fsp3) is 0.214. The highest BCUT2D eigenvalue weighted by Gasteiger charge is 2.09. The van der Waals surface area contributed by atoms with E-state index in [1.54, 1.807) is 6.21 Å². The lowest BCUT2D eigenvalue weighted by Gasteiger charge is -2.07. The third-order valence-corrected chi connectivity index (χ3v) is 3.73. The second-order valence-corrected chi connectivity index (χ2v) is 6.12. The maximum Gasteiger partial charge on any atom is 0.210 e. The van der Waals surface area contributed by atoms with Crippen molar-refractivity contribution in [1.82, 2.24) is 0 Å². The monoisotopic (exact) mass is 384 g/mol. The predicted molar refractivity (Wildman–Crippen MR) is 86.9 cm³/mol. The Morgan fingerprint density at radius 1 is 1.16 bits per heavy atom. The minimum absolute atomic E-state index is 0.711. The minimum atomic E-state index is 0.711. The summed E-state index contributed by atoms with van der Waals surface area (Å²) in [7, 11) is 3.86. The van der Waals surface area contributed by atoms with Crippen LogP contribution in [-0.4, -0.2) is 20.3 Å². The number of aliphatic imine (C=N–C) groups is 1. The van der Waals surface area contributed by atoms with Crippen molar-refractivity contribution in [3.05, 3.63) is 44.5 Å². The van der Waals surface area contributed by atoms with E-state index in [1.165, 1.54) is 5.56 Å². The van der Waals surface area contributed by atoms with Crippen LogP contribution in [0.2, 0.25) is 0 Å². The van der Waals surface area contributed by atoms with Crippen LogP contribution in [0.25, 0.3) is 0 Å². The van der Waals surface area contributed by atoms with Gasteiger partial charge >= 0.3 is 0 Å². The van der Waals surface area contributed by atoms with Crippen molar-refractivity contribution in [3.8, 4) is 0 Å². The molecule has 0 atom stereocenters. The van der Waals surface area contributed by atoms with E-state index in [1.807, 2.05) is 50.2 Å². The topological polar surface area (TPSA) is 28.7 Å². The maximum atomic E-state index is 5.68. The molecule has 0 radical (unpaired) electrons. The highest BCUT2D eigenvalue weighted by molar-refractivity contribution is 9.11. The summed E-state index contributed by atoms with van der Waals surface area (Å²) in [5.74, 6) is 1.49. The Morgan fingerprint density at radius 2 is 1.89 bits per heavy atom. The zero-order chi connectivity index (χ0) is 14.0. The van der Waals surface area contributed by atoms with Crippen LogP contribution < -0.4 is 4.90 Å². The van der Waals surface area contributed by atoms with Crippen molar-refractivity contribution >= 4 is 49.6 Å². The molecule has 1 aromatic carbocycles. The van der Waals surface area contributed by atoms with Crippen LogP contribution in [0.15, 0.2) is 42.6 Å². The molecule has 2 rings (SSSR count). The summed E-state index contributed by atoms with van der Waals surface area (Å²) >= 11 is 6.96. The Kier molecular flexibility index (Phi) is 4.47. The van der Waals surface area contributed by atoms with E-state index in [0.29, 0.717) is 5.76 Å². The summed E-state index contributed by atoms with van der Waals surface area (Å²) in [5.41, 5.74) is 2.07. The van der Waals surface area contributed by atoms with Gasteiger partial charge in [-0.1, -0.05) is 6.07 Å². The number of nitrogens with zero attached hydrogens (tertiary/aromatic N) is 2. The van der Waals surface area contributed by atoms with Gasteiger partial charge in [-0.2, -0.15) is 0 Å². The summed E-state index contributed by atoms with van der Waals surface area (Å²) in [5, 5.41) is 0. The zero-order valence-corrected chi connectivity index (χ0v) is 14.1. The quantitative estimate of drug-likeness (QED) is 0.701. The third-order valence-electron chi connectivity index (χ3n) is 2.53. The lowest BCUT2D eigenvalue weighted by atomic mass is 10.2. The van der Waals surface area contributed by atoms with Crippen molar-refractivity contribution in [2.45, 2.75) is 6.92 Å². The summed E-state index contributed by atoms with van der Waals surface area (Å²) in [4.78, 5) is 6.33. The standard InChI is InChI=1S/C14H14Br2N2O/c1-9-4-5-13(11(15)6-9)17-8-10-7-12(16)14(19-10)18(2)3/h4-8H,1-3H3. The van der Waals surface area contributed by atoms with E-state index < -0.39 is 0 Å². The van der Waals surface area contributed by atoms with E-state index in [0.717, 1.165) is 20.5 Å². The summed E-state index contributed by atoms with van der Waals surface area (Å²) in [6, 6.07) is 7.94. The average molecular weight is 386 g/mol.